The molecule has 2 unspecified atom stereocenters. The standard InChI is InChI=1S/C32H30ClN/c1-23(34-22-25-11-14-27-7-3-5-9-30(27)21-25)32(28-15-17-31(33)18-16-28)19-12-24-10-13-26-6-2-4-8-29(26)20-24/h2-11,13-18,20-21,23,32,34H,12,19,22H2,1H3. The van der Waals surface area contributed by atoms with Crippen LogP contribution >= 0.6 is 11.6 Å². The average Bonchev–Trinajstić information content (AvgIpc) is 2.88. The van der Waals surface area contributed by atoms with E-state index in [1.807, 2.05) is 12.1 Å². The number of benzene rings is 5. The number of fused-ring (bicyclic) bond motifs is 2. The fraction of sp³-hybridized carbons (Fsp3) is 0.188. The first kappa shape index (κ1) is 22.7. The van der Waals surface area contributed by atoms with Gasteiger partial charge >= 0.3 is 0 Å². The van der Waals surface area contributed by atoms with Gasteiger partial charge in [-0.15, -0.1) is 0 Å². The van der Waals surface area contributed by atoms with Gasteiger partial charge < -0.3 is 5.32 Å². The first-order chi connectivity index (χ1) is 16.7. The predicted molar refractivity (Wildman–Crippen MR) is 147 cm³/mol. The van der Waals surface area contributed by atoms with Crippen molar-refractivity contribution in [3.05, 3.63) is 131 Å². The van der Waals surface area contributed by atoms with Gasteiger partial charge in [-0.25, -0.2) is 0 Å². The van der Waals surface area contributed by atoms with Gasteiger partial charge in [-0.3, -0.25) is 0 Å². The fourth-order valence-corrected chi connectivity index (χ4v) is 5.03. The van der Waals surface area contributed by atoms with Crippen molar-refractivity contribution in [1.82, 2.24) is 5.32 Å². The molecule has 0 bridgehead atoms. The lowest BCUT2D eigenvalue weighted by Gasteiger charge is -2.26. The van der Waals surface area contributed by atoms with Crippen molar-refractivity contribution in [3.8, 4) is 0 Å². The number of hydrogen-bond donors (Lipinski definition) is 1. The third-order valence-electron chi connectivity index (χ3n) is 6.90. The smallest absolute Gasteiger partial charge is 0.0406 e. The minimum atomic E-state index is 0.327. The van der Waals surface area contributed by atoms with Crippen molar-refractivity contribution in [2.45, 2.75) is 38.3 Å². The Balaban J connectivity index is 1.32. The van der Waals surface area contributed by atoms with Crippen molar-refractivity contribution < 1.29 is 0 Å². The van der Waals surface area contributed by atoms with Crippen LogP contribution < -0.4 is 5.32 Å². The second-order valence-electron chi connectivity index (χ2n) is 9.23. The summed E-state index contributed by atoms with van der Waals surface area (Å²) in [7, 11) is 0. The third-order valence-corrected chi connectivity index (χ3v) is 7.15. The summed E-state index contributed by atoms with van der Waals surface area (Å²) in [5.74, 6) is 0.393. The van der Waals surface area contributed by atoms with E-state index in [1.54, 1.807) is 0 Å². The molecule has 5 aromatic rings. The molecule has 34 heavy (non-hydrogen) atoms. The molecular formula is C32H30ClN. The van der Waals surface area contributed by atoms with E-state index in [0.717, 1.165) is 24.4 Å². The van der Waals surface area contributed by atoms with Gasteiger partial charge in [-0.1, -0.05) is 103 Å². The van der Waals surface area contributed by atoms with Gasteiger partial charge in [0.15, 0.2) is 0 Å². The van der Waals surface area contributed by atoms with E-state index in [-0.39, 0.29) is 0 Å². The van der Waals surface area contributed by atoms with Crippen LogP contribution in [0.1, 0.15) is 36.0 Å². The van der Waals surface area contributed by atoms with Crippen LogP contribution in [0.25, 0.3) is 21.5 Å². The highest BCUT2D eigenvalue weighted by Gasteiger charge is 2.19. The summed E-state index contributed by atoms with van der Waals surface area (Å²) >= 11 is 6.20. The average molecular weight is 464 g/mol. The van der Waals surface area contributed by atoms with Crippen molar-refractivity contribution in [1.29, 1.82) is 0 Å². The summed E-state index contributed by atoms with van der Waals surface area (Å²) < 4.78 is 0. The first-order valence-corrected chi connectivity index (χ1v) is 12.5. The van der Waals surface area contributed by atoms with Gasteiger partial charge in [0, 0.05) is 17.6 Å². The zero-order chi connectivity index (χ0) is 23.3. The van der Waals surface area contributed by atoms with Crippen molar-refractivity contribution in [2.75, 3.05) is 0 Å². The highest BCUT2D eigenvalue weighted by atomic mass is 35.5. The molecule has 0 aliphatic carbocycles. The Bertz CT molecular complexity index is 1390. The normalized spacial score (nSPS) is 13.2. The van der Waals surface area contributed by atoms with Crippen LogP contribution in [0.5, 0.6) is 0 Å². The summed E-state index contributed by atoms with van der Waals surface area (Å²) in [5.41, 5.74) is 4.04. The summed E-state index contributed by atoms with van der Waals surface area (Å²) in [4.78, 5) is 0. The van der Waals surface area contributed by atoms with Crippen molar-refractivity contribution in [2.24, 2.45) is 0 Å². The molecule has 5 aromatic carbocycles. The van der Waals surface area contributed by atoms with Crippen molar-refractivity contribution >= 4 is 33.1 Å². The zero-order valence-corrected chi connectivity index (χ0v) is 20.3. The van der Waals surface area contributed by atoms with E-state index in [1.165, 1.54) is 38.2 Å². The predicted octanol–water partition coefficient (Wildman–Crippen LogP) is 8.54. The number of halogens is 1. The molecule has 0 spiro atoms. The van der Waals surface area contributed by atoms with Gasteiger partial charge in [0.25, 0.3) is 0 Å². The zero-order valence-electron chi connectivity index (χ0n) is 19.5. The van der Waals surface area contributed by atoms with E-state index in [2.05, 4.69) is 109 Å². The molecule has 0 aromatic heterocycles. The molecule has 0 saturated carbocycles. The molecule has 0 amide bonds. The Morgan fingerprint density at radius 2 is 1.21 bits per heavy atom. The van der Waals surface area contributed by atoms with Gasteiger partial charge in [0.05, 0.1) is 0 Å². The van der Waals surface area contributed by atoms with Crippen molar-refractivity contribution in [3.63, 3.8) is 0 Å². The highest BCUT2D eigenvalue weighted by molar-refractivity contribution is 6.30. The Kier molecular flexibility index (Phi) is 6.94. The van der Waals surface area contributed by atoms with E-state index in [9.17, 15) is 0 Å². The molecule has 0 radical (unpaired) electrons. The van der Waals surface area contributed by atoms with E-state index in [4.69, 9.17) is 11.6 Å². The Labute approximate surface area is 207 Å². The molecule has 0 heterocycles. The Hall–Kier alpha value is -3.13. The molecule has 1 nitrogen and oxygen atoms in total. The Morgan fingerprint density at radius 1 is 0.647 bits per heavy atom. The van der Waals surface area contributed by atoms with E-state index >= 15 is 0 Å². The summed E-state index contributed by atoms with van der Waals surface area (Å²) in [5, 5.41) is 9.78. The summed E-state index contributed by atoms with van der Waals surface area (Å²) in [6, 6.07) is 39.4. The molecule has 2 atom stereocenters. The quantitative estimate of drug-likeness (QED) is 0.243. The number of aryl methyl sites for hydroxylation is 1. The monoisotopic (exact) mass is 463 g/mol. The number of hydrogen-bond acceptors (Lipinski definition) is 1. The highest BCUT2D eigenvalue weighted by Crippen LogP contribution is 2.28. The first-order valence-electron chi connectivity index (χ1n) is 12.1. The molecule has 2 heteroatoms. The molecule has 0 aliphatic rings. The number of rotatable bonds is 8. The molecule has 0 saturated heterocycles. The van der Waals surface area contributed by atoms with Crippen LogP contribution in [0.15, 0.2) is 109 Å². The largest absolute Gasteiger partial charge is 0.310 e. The van der Waals surface area contributed by atoms with Crippen LogP contribution in [0, 0.1) is 0 Å². The van der Waals surface area contributed by atoms with Crippen LogP contribution in [-0.2, 0) is 13.0 Å². The maximum Gasteiger partial charge on any atom is 0.0406 e. The molecule has 170 valence electrons. The van der Waals surface area contributed by atoms with E-state index < -0.39 is 0 Å². The Morgan fingerprint density at radius 3 is 1.85 bits per heavy atom. The third kappa shape index (κ3) is 5.33. The molecular weight excluding hydrogens is 434 g/mol. The van der Waals surface area contributed by atoms with Gasteiger partial charge in [-0.05, 0) is 82.1 Å². The number of nitrogens with one attached hydrogen (secondary N) is 1. The second-order valence-corrected chi connectivity index (χ2v) is 9.67. The lowest BCUT2D eigenvalue weighted by Crippen LogP contribution is -2.32. The van der Waals surface area contributed by atoms with Crippen LogP contribution in [0.4, 0.5) is 0 Å². The second kappa shape index (κ2) is 10.4. The van der Waals surface area contributed by atoms with Crippen LogP contribution in [-0.4, -0.2) is 6.04 Å². The topological polar surface area (TPSA) is 12.0 Å². The minimum absolute atomic E-state index is 0.327. The lowest BCUT2D eigenvalue weighted by atomic mass is 9.86. The fourth-order valence-electron chi connectivity index (χ4n) is 4.90. The van der Waals surface area contributed by atoms with Gasteiger partial charge in [0.2, 0.25) is 0 Å². The van der Waals surface area contributed by atoms with Crippen LogP contribution in [0.3, 0.4) is 0 Å². The maximum absolute atomic E-state index is 6.20. The van der Waals surface area contributed by atoms with E-state index in [0.29, 0.717) is 12.0 Å². The summed E-state index contributed by atoms with van der Waals surface area (Å²) in [6.07, 6.45) is 2.12. The minimum Gasteiger partial charge on any atom is -0.310 e. The van der Waals surface area contributed by atoms with Gasteiger partial charge in [0.1, 0.15) is 0 Å². The van der Waals surface area contributed by atoms with Gasteiger partial charge in [-0.2, -0.15) is 0 Å². The molecule has 0 fully saturated rings. The molecule has 0 aliphatic heterocycles. The summed E-state index contributed by atoms with van der Waals surface area (Å²) in [6.45, 7) is 3.16. The molecule has 1 N–H and O–H groups in total. The maximum atomic E-state index is 6.20. The molecule has 5 rings (SSSR count). The SMILES string of the molecule is CC(NCc1ccc2ccccc2c1)C(CCc1ccc2ccccc2c1)c1ccc(Cl)cc1. The van der Waals surface area contributed by atoms with Crippen LogP contribution in [0.2, 0.25) is 5.02 Å². The lowest BCUT2D eigenvalue weighted by molar-refractivity contribution is 0.437.